The molecule has 0 fully saturated rings. The van der Waals surface area contributed by atoms with Gasteiger partial charge in [-0.1, -0.05) is 19.9 Å². The average Bonchev–Trinajstić information content (AvgIpc) is 2.72. The highest BCUT2D eigenvalue weighted by Crippen LogP contribution is 2.26. The van der Waals surface area contributed by atoms with Crippen molar-refractivity contribution >= 4 is 49.9 Å². The molecular weight excluding hydrogens is 486 g/mol. The molecule has 7 nitrogen and oxygen atoms in total. The van der Waals surface area contributed by atoms with Crippen molar-refractivity contribution in [1.29, 1.82) is 0 Å². The largest absolute Gasteiger partial charge is 0.463 e. The van der Waals surface area contributed by atoms with Crippen LogP contribution in [-0.2, 0) is 9.53 Å². The van der Waals surface area contributed by atoms with Gasteiger partial charge in [0, 0.05) is 23.2 Å². The van der Waals surface area contributed by atoms with Crippen molar-refractivity contribution in [2.24, 2.45) is 0 Å². The number of benzene rings is 2. The molecule has 10 heteroatoms. The Morgan fingerprint density at radius 3 is 2.22 bits per heavy atom. The highest BCUT2D eigenvalue weighted by molar-refractivity contribution is 9.10. The molecule has 1 aromatic heterocycles. The van der Waals surface area contributed by atoms with Gasteiger partial charge < -0.3 is 26.9 Å². The molecule has 0 spiro atoms. The Kier molecular flexibility index (Phi) is 10.9. The summed E-state index contributed by atoms with van der Waals surface area (Å²) in [5, 5.41) is 0.654. The van der Waals surface area contributed by atoms with Crippen LogP contribution in [0.2, 0.25) is 0 Å². The third-order valence-corrected chi connectivity index (χ3v) is 4.75. The number of aromatic amines is 1. The Labute approximate surface area is 192 Å². The number of hydrogen-bond donors (Lipinski definition) is 4. The van der Waals surface area contributed by atoms with Crippen molar-refractivity contribution in [3.05, 3.63) is 75.5 Å². The van der Waals surface area contributed by atoms with Gasteiger partial charge in [0.15, 0.2) is 0 Å². The number of nitrogens with two attached hydrogens (primary N) is 3. The maximum Gasteiger partial charge on any atom is 0.330 e. The van der Waals surface area contributed by atoms with E-state index in [2.05, 4.69) is 32.2 Å². The van der Waals surface area contributed by atoms with Crippen LogP contribution in [0.3, 0.4) is 0 Å². The normalized spacial score (nSPS) is 9.75. The van der Waals surface area contributed by atoms with E-state index in [4.69, 9.17) is 17.2 Å². The lowest BCUT2D eigenvalue weighted by molar-refractivity contribution is -0.137. The monoisotopic (exact) mass is 510 g/mol. The Hall–Kier alpha value is -3.40. The number of esters is 1. The third kappa shape index (κ3) is 8.76. The molecule has 0 aliphatic heterocycles. The van der Waals surface area contributed by atoms with E-state index in [0.29, 0.717) is 39.0 Å². The molecule has 0 radical (unpaired) electrons. The van der Waals surface area contributed by atoms with E-state index in [1.807, 2.05) is 6.92 Å². The summed E-state index contributed by atoms with van der Waals surface area (Å²) in [5.41, 5.74) is 17.4. The number of unbranched alkanes of at least 4 members (excludes halogenated alkanes) is 1. The Morgan fingerprint density at radius 1 is 1.09 bits per heavy atom. The number of ether oxygens (including phenoxy) is 1. The van der Waals surface area contributed by atoms with Crippen LogP contribution >= 0.6 is 15.9 Å². The maximum atomic E-state index is 12.8. The molecule has 3 aromatic rings. The lowest BCUT2D eigenvalue weighted by Crippen LogP contribution is -2.03. The minimum Gasteiger partial charge on any atom is -0.463 e. The summed E-state index contributed by atoms with van der Waals surface area (Å²) in [6.07, 6.45) is 3.15. The molecule has 2 aromatic carbocycles. The summed E-state index contributed by atoms with van der Waals surface area (Å²) in [6, 6.07) is 7.81. The van der Waals surface area contributed by atoms with Crippen LogP contribution in [-0.4, -0.2) is 17.6 Å². The van der Waals surface area contributed by atoms with Crippen molar-refractivity contribution in [1.82, 2.24) is 4.98 Å². The van der Waals surface area contributed by atoms with E-state index in [0.717, 1.165) is 12.8 Å². The van der Waals surface area contributed by atoms with Gasteiger partial charge in [0.2, 0.25) is 5.56 Å². The zero-order valence-corrected chi connectivity index (χ0v) is 19.0. The molecule has 7 N–H and O–H groups in total. The second kappa shape index (κ2) is 13.1. The van der Waals surface area contributed by atoms with Crippen LogP contribution in [0.1, 0.15) is 19.8 Å². The molecule has 0 amide bonds. The number of H-pyrrole nitrogens is 1. The predicted octanol–water partition coefficient (Wildman–Crippen LogP) is 4.52. The summed E-state index contributed by atoms with van der Waals surface area (Å²) in [4.78, 5) is 23.7. The highest BCUT2D eigenvalue weighted by Gasteiger charge is 2.02. The number of nitrogen functional groups attached to an aromatic ring is 3. The Morgan fingerprint density at radius 2 is 1.66 bits per heavy atom. The number of carbonyl (C=O) groups is 1. The number of aromatic nitrogens is 1. The number of rotatable bonds is 4. The van der Waals surface area contributed by atoms with Gasteiger partial charge in [0.05, 0.1) is 28.0 Å². The number of anilines is 3. The standard InChI is InChI=1S/C9H7FN2O.C7H12O2.C6H6BrFN2/c10-5-3-7(11)6-1-2-9(13)12-8(6)4-5;1-3-5-6-9-7(8)4-2;7-6-4(9)1-3(8)2-5(6)10/h1-4H,11H2,(H,12,13);4H,2-3,5-6H2,1H3;1-2H,9-10H2. The SMILES string of the molecule is C=CC(=O)OCCCC.Nc1cc(F)cc(N)c1Br.Nc1cc(F)cc2[nH]c(=O)ccc12. The van der Waals surface area contributed by atoms with E-state index in [-0.39, 0.29) is 11.5 Å². The first kappa shape index (κ1) is 26.6. The number of carbonyl (C=O) groups excluding carboxylic acids is 1. The average molecular weight is 511 g/mol. The molecule has 1 heterocycles. The molecule has 32 heavy (non-hydrogen) atoms. The molecule has 0 unspecified atom stereocenters. The third-order valence-electron chi connectivity index (χ3n) is 3.84. The van der Waals surface area contributed by atoms with E-state index < -0.39 is 11.6 Å². The van der Waals surface area contributed by atoms with Crippen LogP contribution in [0, 0.1) is 11.6 Å². The lowest BCUT2D eigenvalue weighted by Gasteiger charge is -2.00. The number of hydrogen-bond acceptors (Lipinski definition) is 6. The number of nitrogens with one attached hydrogen (secondary N) is 1. The number of pyridine rings is 1. The number of fused-ring (bicyclic) bond motifs is 1. The van der Waals surface area contributed by atoms with E-state index in [9.17, 15) is 18.4 Å². The smallest absolute Gasteiger partial charge is 0.330 e. The Bertz CT molecular complexity index is 1110. The van der Waals surface area contributed by atoms with Crippen LogP contribution in [0.4, 0.5) is 25.8 Å². The first-order chi connectivity index (χ1) is 15.1. The first-order valence-corrected chi connectivity index (χ1v) is 10.3. The zero-order valence-electron chi connectivity index (χ0n) is 17.5. The van der Waals surface area contributed by atoms with E-state index in [1.54, 1.807) is 6.07 Å². The van der Waals surface area contributed by atoms with Gasteiger partial charge in [-0.3, -0.25) is 4.79 Å². The summed E-state index contributed by atoms with van der Waals surface area (Å²) >= 11 is 3.10. The molecule has 0 aliphatic carbocycles. The zero-order chi connectivity index (χ0) is 24.3. The predicted molar refractivity (Wildman–Crippen MR) is 128 cm³/mol. The van der Waals surface area contributed by atoms with Crippen LogP contribution < -0.4 is 22.8 Å². The summed E-state index contributed by atoms with van der Waals surface area (Å²) in [5.74, 6) is -1.20. The molecule has 172 valence electrons. The molecular formula is C22H25BrF2N4O3. The van der Waals surface area contributed by atoms with Crippen LogP contribution in [0.15, 0.2) is 58.3 Å². The topological polar surface area (TPSA) is 137 Å². The lowest BCUT2D eigenvalue weighted by atomic mass is 10.2. The fraction of sp³-hybridized carbons (Fsp3) is 0.182. The minimum absolute atomic E-state index is 0.266. The van der Waals surface area contributed by atoms with Gasteiger partial charge in [0.25, 0.3) is 0 Å². The van der Waals surface area contributed by atoms with Crippen LogP contribution in [0.5, 0.6) is 0 Å². The van der Waals surface area contributed by atoms with Gasteiger partial charge in [-0.25, -0.2) is 13.6 Å². The fourth-order valence-electron chi connectivity index (χ4n) is 2.27. The van der Waals surface area contributed by atoms with Crippen molar-refractivity contribution in [3.8, 4) is 0 Å². The maximum absolute atomic E-state index is 12.8. The summed E-state index contributed by atoms with van der Waals surface area (Å²) < 4.78 is 30.5. The molecule has 0 aliphatic rings. The van der Waals surface area contributed by atoms with E-state index in [1.165, 1.54) is 36.4 Å². The summed E-state index contributed by atoms with van der Waals surface area (Å²) in [7, 11) is 0. The summed E-state index contributed by atoms with van der Waals surface area (Å²) in [6.45, 7) is 5.82. The van der Waals surface area contributed by atoms with Crippen molar-refractivity contribution < 1.29 is 18.3 Å². The minimum atomic E-state index is -0.452. The molecule has 0 bridgehead atoms. The van der Waals surface area contributed by atoms with E-state index >= 15 is 0 Å². The quantitative estimate of drug-likeness (QED) is 0.176. The van der Waals surface area contributed by atoms with Gasteiger partial charge in [-0.05, 0) is 52.7 Å². The molecule has 0 saturated heterocycles. The second-order valence-corrected chi connectivity index (χ2v) is 7.20. The Balaban J connectivity index is 0.000000246. The van der Waals surface area contributed by atoms with Crippen molar-refractivity contribution in [2.45, 2.75) is 19.8 Å². The highest BCUT2D eigenvalue weighted by atomic mass is 79.9. The van der Waals surface area contributed by atoms with Gasteiger partial charge in [-0.15, -0.1) is 0 Å². The fourth-order valence-corrected chi connectivity index (χ4v) is 2.50. The molecule has 3 rings (SSSR count). The molecule has 0 saturated carbocycles. The number of halogens is 3. The molecule has 0 atom stereocenters. The van der Waals surface area contributed by atoms with Crippen molar-refractivity contribution in [2.75, 3.05) is 23.8 Å². The second-order valence-electron chi connectivity index (χ2n) is 6.40. The van der Waals surface area contributed by atoms with Gasteiger partial charge in [-0.2, -0.15) is 0 Å². The van der Waals surface area contributed by atoms with Crippen LogP contribution in [0.25, 0.3) is 10.9 Å². The van der Waals surface area contributed by atoms with Gasteiger partial charge >= 0.3 is 5.97 Å². The first-order valence-electron chi connectivity index (χ1n) is 9.46. The van der Waals surface area contributed by atoms with Gasteiger partial charge in [0.1, 0.15) is 11.6 Å². The van der Waals surface area contributed by atoms with Crippen molar-refractivity contribution in [3.63, 3.8) is 0 Å².